The topological polar surface area (TPSA) is 15.3 Å². The molecule has 1 aliphatic heterocycles. The predicted octanol–water partition coefficient (Wildman–Crippen LogP) is 3.98. The van der Waals surface area contributed by atoms with E-state index in [-0.39, 0.29) is 0 Å². The summed E-state index contributed by atoms with van der Waals surface area (Å²) in [6.07, 6.45) is 7.30. The van der Waals surface area contributed by atoms with Crippen LogP contribution in [0.15, 0.2) is 11.6 Å². The van der Waals surface area contributed by atoms with E-state index in [1.807, 2.05) is 0 Å². The van der Waals surface area contributed by atoms with E-state index in [2.05, 4.69) is 57.8 Å². The molecular formula is C17H34N2. The van der Waals surface area contributed by atoms with Gasteiger partial charge in [0.25, 0.3) is 0 Å². The summed E-state index contributed by atoms with van der Waals surface area (Å²) in [6, 6.07) is 0. The van der Waals surface area contributed by atoms with Gasteiger partial charge >= 0.3 is 0 Å². The molecule has 2 heteroatoms. The standard InChI is InChI=1S/C17H34N2/c1-7-16(8-2)14-19(12-11-15(5)6)17(9-3,10-4)13-18-16/h11,18H,7-10,12-14H2,1-6H3. The Hall–Kier alpha value is -0.340. The molecule has 1 N–H and O–H groups in total. The lowest BCUT2D eigenvalue weighted by atomic mass is 9.80. The van der Waals surface area contributed by atoms with E-state index in [9.17, 15) is 0 Å². The molecule has 0 unspecified atom stereocenters. The Morgan fingerprint density at radius 2 is 1.63 bits per heavy atom. The van der Waals surface area contributed by atoms with E-state index in [0.717, 1.165) is 13.1 Å². The van der Waals surface area contributed by atoms with E-state index in [1.165, 1.54) is 37.8 Å². The van der Waals surface area contributed by atoms with Crippen LogP contribution in [0.1, 0.15) is 67.2 Å². The third-order valence-electron chi connectivity index (χ3n) is 5.35. The van der Waals surface area contributed by atoms with Crippen molar-refractivity contribution in [2.24, 2.45) is 0 Å². The molecule has 1 rings (SSSR count). The first-order valence-corrected chi connectivity index (χ1v) is 8.11. The van der Waals surface area contributed by atoms with Gasteiger partial charge in [-0.15, -0.1) is 0 Å². The molecule has 0 aromatic carbocycles. The van der Waals surface area contributed by atoms with Crippen LogP contribution in [-0.4, -0.2) is 35.6 Å². The van der Waals surface area contributed by atoms with Gasteiger partial charge in [-0.1, -0.05) is 39.3 Å². The Kier molecular flexibility index (Phi) is 6.07. The van der Waals surface area contributed by atoms with E-state index in [1.54, 1.807) is 0 Å². The van der Waals surface area contributed by atoms with Crippen molar-refractivity contribution in [3.8, 4) is 0 Å². The summed E-state index contributed by atoms with van der Waals surface area (Å²) in [4.78, 5) is 2.74. The average Bonchev–Trinajstić information content (AvgIpc) is 2.44. The molecule has 1 heterocycles. The zero-order valence-electron chi connectivity index (χ0n) is 14.0. The maximum atomic E-state index is 3.88. The lowest BCUT2D eigenvalue weighted by Crippen LogP contribution is -2.69. The van der Waals surface area contributed by atoms with Crippen LogP contribution in [0.5, 0.6) is 0 Å². The molecule has 19 heavy (non-hydrogen) atoms. The van der Waals surface area contributed by atoms with E-state index < -0.39 is 0 Å². The highest BCUT2D eigenvalue weighted by atomic mass is 15.3. The third-order valence-corrected chi connectivity index (χ3v) is 5.35. The first-order valence-electron chi connectivity index (χ1n) is 8.11. The Labute approximate surface area is 120 Å². The van der Waals surface area contributed by atoms with Gasteiger partial charge in [0, 0.05) is 30.7 Å². The van der Waals surface area contributed by atoms with Gasteiger partial charge in [-0.3, -0.25) is 4.90 Å². The number of rotatable bonds is 6. The Balaban J connectivity index is 2.94. The van der Waals surface area contributed by atoms with E-state index in [0.29, 0.717) is 11.1 Å². The molecular weight excluding hydrogens is 232 g/mol. The molecule has 0 aromatic heterocycles. The fraction of sp³-hybridized carbons (Fsp3) is 0.882. The number of hydrogen-bond donors (Lipinski definition) is 1. The Morgan fingerprint density at radius 3 is 2.05 bits per heavy atom. The Bertz CT molecular complexity index is 294. The lowest BCUT2D eigenvalue weighted by Gasteiger charge is -2.54. The summed E-state index contributed by atoms with van der Waals surface area (Å²) in [5.41, 5.74) is 2.10. The zero-order valence-corrected chi connectivity index (χ0v) is 14.0. The van der Waals surface area contributed by atoms with Crippen LogP contribution in [0.25, 0.3) is 0 Å². The molecule has 0 aromatic rings. The zero-order chi connectivity index (χ0) is 14.5. The molecule has 0 radical (unpaired) electrons. The SMILES string of the molecule is CCC1(CC)CN(CC=C(C)C)C(CC)(CC)CN1. The molecule has 1 aliphatic rings. The molecule has 1 saturated heterocycles. The van der Waals surface area contributed by atoms with Gasteiger partial charge < -0.3 is 5.32 Å². The van der Waals surface area contributed by atoms with Crippen molar-refractivity contribution in [2.75, 3.05) is 19.6 Å². The minimum atomic E-state index is 0.323. The van der Waals surface area contributed by atoms with Crippen LogP contribution in [0.4, 0.5) is 0 Å². The minimum Gasteiger partial charge on any atom is -0.308 e. The van der Waals surface area contributed by atoms with Gasteiger partial charge in [-0.2, -0.15) is 0 Å². The van der Waals surface area contributed by atoms with Gasteiger partial charge in [0.2, 0.25) is 0 Å². The van der Waals surface area contributed by atoms with Crippen LogP contribution in [-0.2, 0) is 0 Å². The monoisotopic (exact) mass is 266 g/mol. The van der Waals surface area contributed by atoms with Crippen molar-refractivity contribution >= 4 is 0 Å². The summed E-state index contributed by atoms with van der Waals surface area (Å²) >= 11 is 0. The van der Waals surface area contributed by atoms with Crippen molar-refractivity contribution in [3.05, 3.63) is 11.6 Å². The minimum absolute atomic E-state index is 0.323. The second kappa shape index (κ2) is 6.90. The van der Waals surface area contributed by atoms with Crippen LogP contribution in [0, 0.1) is 0 Å². The third kappa shape index (κ3) is 3.61. The summed E-state index contributed by atoms with van der Waals surface area (Å²) in [6.45, 7) is 17.2. The van der Waals surface area contributed by atoms with Gasteiger partial charge in [0.05, 0.1) is 0 Å². The van der Waals surface area contributed by atoms with E-state index >= 15 is 0 Å². The first kappa shape index (κ1) is 16.7. The molecule has 0 bridgehead atoms. The van der Waals surface area contributed by atoms with Gasteiger partial charge in [-0.25, -0.2) is 0 Å². The Morgan fingerprint density at radius 1 is 1.05 bits per heavy atom. The fourth-order valence-electron chi connectivity index (χ4n) is 3.27. The van der Waals surface area contributed by atoms with Gasteiger partial charge in [0.15, 0.2) is 0 Å². The van der Waals surface area contributed by atoms with Gasteiger partial charge in [0.1, 0.15) is 0 Å². The highest BCUT2D eigenvalue weighted by Gasteiger charge is 2.43. The second-order valence-corrected chi connectivity index (χ2v) is 6.43. The summed E-state index contributed by atoms with van der Waals surface area (Å²) in [5.74, 6) is 0. The van der Waals surface area contributed by atoms with Crippen LogP contribution in [0.3, 0.4) is 0 Å². The fourth-order valence-corrected chi connectivity index (χ4v) is 3.27. The smallest absolute Gasteiger partial charge is 0.0333 e. The van der Waals surface area contributed by atoms with Crippen molar-refractivity contribution in [1.29, 1.82) is 0 Å². The number of hydrogen-bond acceptors (Lipinski definition) is 2. The molecule has 0 aliphatic carbocycles. The van der Waals surface area contributed by atoms with Crippen molar-refractivity contribution in [2.45, 2.75) is 78.3 Å². The maximum absolute atomic E-state index is 3.88. The van der Waals surface area contributed by atoms with Crippen molar-refractivity contribution < 1.29 is 0 Å². The highest BCUT2D eigenvalue weighted by molar-refractivity contribution is 5.06. The van der Waals surface area contributed by atoms with Crippen molar-refractivity contribution in [1.82, 2.24) is 10.2 Å². The molecule has 112 valence electrons. The lowest BCUT2D eigenvalue weighted by molar-refractivity contribution is 0.00391. The molecule has 0 atom stereocenters. The van der Waals surface area contributed by atoms with Crippen LogP contribution >= 0.6 is 0 Å². The number of nitrogens with one attached hydrogen (secondary N) is 1. The predicted molar refractivity (Wildman–Crippen MR) is 85.6 cm³/mol. The quantitative estimate of drug-likeness (QED) is 0.732. The normalized spacial score (nSPS) is 22.2. The number of allylic oxidation sites excluding steroid dienone is 1. The molecule has 1 fully saturated rings. The molecule has 2 nitrogen and oxygen atoms in total. The summed E-state index contributed by atoms with van der Waals surface area (Å²) < 4.78 is 0. The van der Waals surface area contributed by atoms with E-state index in [4.69, 9.17) is 0 Å². The highest BCUT2D eigenvalue weighted by Crippen LogP contribution is 2.32. The number of nitrogens with zero attached hydrogens (tertiary/aromatic N) is 1. The molecule has 0 saturated carbocycles. The van der Waals surface area contributed by atoms with Crippen LogP contribution < -0.4 is 5.32 Å². The number of piperazine rings is 1. The van der Waals surface area contributed by atoms with Crippen LogP contribution in [0.2, 0.25) is 0 Å². The van der Waals surface area contributed by atoms with Crippen molar-refractivity contribution in [3.63, 3.8) is 0 Å². The molecule has 0 spiro atoms. The summed E-state index contributed by atoms with van der Waals surface area (Å²) in [5, 5.41) is 3.88. The average molecular weight is 266 g/mol. The van der Waals surface area contributed by atoms with Gasteiger partial charge in [-0.05, 0) is 39.5 Å². The molecule has 0 amide bonds. The first-order chi connectivity index (χ1) is 8.97. The second-order valence-electron chi connectivity index (χ2n) is 6.43. The summed E-state index contributed by atoms with van der Waals surface area (Å²) in [7, 11) is 0. The largest absolute Gasteiger partial charge is 0.308 e. The maximum Gasteiger partial charge on any atom is 0.0333 e.